The topological polar surface area (TPSA) is 220 Å². The van der Waals surface area contributed by atoms with E-state index in [1.54, 1.807) is 24.3 Å². The number of hydrogen-bond donors (Lipinski definition) is 7. The van der Waals surface area contributed by atoms with E-state index in [0.717, 1.165) is 5.56 Å². The van der Waals surface area contributed by atoms with Crippen LogP contribution in [0.1, 0.15) is 37.7 Å². The van der Waals surface area contributed by atoms with Gasteiger partial charge in [0.05, 0.1) is 12.5 Å². The lowest BCUT2D eigenvalue weighted by Gasteiger charge is -2.25. The van der Waals surface area contributed by atoms with Gasteiger partial charge >= 0.3 is 5.97 Å². The van der Waals surface area contributed by atoms with Crippen molar-refractivity contribution in [3.63, 3.8) is 0 Å². The van der Waals surface area contributed by atoms with Crippen molar-refractivity contribution in [3.05, 3.63) is 35.9 Å². The Morgan fingerprint density at radius 3 is 2.05 bits per heavy atom. The molecule has 10 N–H and O–H groups in total. The summed E-state index contributed by atoms with van der Waals surface area (Å²) < 4.78 is 0. The normalized spacial score (nSPS) is 14.0. The maximum absolute atomic E-state index is 13.3. The van der Waals surface area contributed by atoms with Crippen molar-refractivity contribution in [1.29, 1.82) is 0 Å². The Kier molecular flexibility index (Phi) is 14.9. The van der Waals surface area contributed by atoms with E-state index in [4.69, 9.17) is 17.2 Å². The summed E-state index contributed by atoms with van der Waals surface area (Å²) in [7, 11) is 0. The SMILES string of the molecule is CSCCC(NC(=O)C(Cc1ccccc1)NC(=O)C(N)CCCCN)C(=O)NC(CC(N)=O)C(=O)O. The summed E-state index contributed by atoms with van der Waals surface area (Å²) >= 11 is 1.43. The Hall–Kier alpha value is -3.16. The number of benzene rings is 1. The molecule has 0 aliphatic rings. The molecule has 0 spiro atoms. The summed E-state index contributed by atoms with van der Waals surface area (Å²) in [5, 5.41) is 16.9. The van der Waals surface area contributed by atoms with Gasteiger partial charge in [0.1, 0.15) is 18.1 Å². The van der Waals surface area contributed by atoms with Gasteiger partial charge in [-0.1, -0.05) is 36.8 Å². The van der Waals surface area contributed by atoms with Gasteiger partial charge in [-0.05, 0) is 43.4 Å². The van der Waals surface area contributed by atoms with Crippen LogP contribution in [0, 0.1) is 0 Å². The first kappa shape index (κ1) is 31.9. The maximum Gasteiger partial charge on any atom is 0.326 e. The highest BCUT2D eigenvalue weighted by Crippen LogP contribution is 2.08. The Morgan fingerprint density at radius 1 is 0.892 bits per heavy atom. The highest BCUT2D eigenvalue weighted by molar-refractivity contribution is 7.98. The van der Waals surface area contributed by atoms with E-state index in [9.17, 15) is 29.1 Å². The third kappa shape index (κ3) is 12.6. The number of amides is 4. The summed E-state index contributed by atoms with van der Waals surface area (Å²) in [4.78, 5) is 61.5. The van der Waals surface area contributed by atoms with E-state index in [2.05, 4.69) is 16.0 Å². The number of carbonyl (C=O) groups is 5. The largest absolute Gasteiger partial charge is 0.480 e. The lowest BCUT2D eigenvalue weighted by atomic mass is 10.0. The lowest BCUT2D eigenvalue weighted by molar-refractivity contribution is -0.143. The molecule has 37 heavy (non-hydrogen) atoms. The van der Waals surface area contributed by atoms with E-state index in [1.807, 2.05) is 12.3 Å². The van der Waals surface area contributed by atoms with E-state index in [1.165, 1.54) is 11.8 Å². The molecule has 0 bridgehead atoms. The second-order valence-electron chi connectivity index (χ2n) is 8.55. The standard InChI is InChI=1S/C24H38N6O6S/c1-37-12-10-17(22(33)30-19(24(35)36)14-20(27)31)28-23(34)18(13-15-7-3-2-4-8-15)29-21(32)16(26)9-5-6-11-25/h2-4,7-8,16-19H,5-6,9-14,25-26H2,1H3,(H2,27,31)(H,28,34)(H,29,32)(H,30,33)(H,35,36). The molecule has 0 saturated carbocycles. The number of nitrogens with two attached hydrogens (primary N) is 3. The minimum Gasteiger partial charge on any atom is -0.480 e. The molecule has 1 aromatic carbocycles. The minimum absolute atomic E-state index is 0.143. The minimum atomic E-state index is -1.54. The van der Waals surface area contributed by atoms with Crippen LogP contribution in [0.25, 0.3) is 0 Å². The number of carboxylic acid groups (broad SMARTS) is 1. The lowest BCUT2D eigenvalue weighted by Crippen LogP contribution is -2.58. The third-order valence-corrected chi connectivity index (χ3v) is 6.13. The van der Waals surface area contributed by atoms with Gasteiger partial charge in [-0.25, -0.2) is 4.79 Å². The number of carbonyl (C=O) groups excluding carboxylic acids is 4. The number of rotatable bonds is 18. The fraction of sp³-hybridized carbons (Fsp3) is 0.542. The highest BCUT2D eigenvalue weighted by atomic mass is 32.2. The van der Waals surface area contributed by atoms with Crippen LogP contribution in [0.15, 0.2) is 30.3 Å². The summed E-state index contributed by atoms with van der Waals surface area (Å²) in [5.74, 6) is -3.77. The van der Waals surface area contributed by atoms with Crippen LogP contribution in [0.2, 0.25) is 0 Å². The third-order valence-electron chi connectivity index (χ3n) is 5.49. The van der Waals surface area contributed by atoms with Crippen LogP contribution >= 0.6 is 11.8 Å². The second kappa shape index (κ2) is 17.3. The molecule has 1 aromatic rings. The van der Waals surface area contributed by atoms with Crippen LogP contribution in [-0.2, 0) is 30.4 Å². The highest BCUT2D eigenvalue weighted by Gasteiger charge is 2.30. The quantitative estimate of drug-likeness (QED) is 0.112. The number of hydrogen-bond acceptors (Lipinski definition) is 8. The van der Waals surface area contributed by atoms with E-state index in [0.29, 0.717) is 31.6 Å². The first-order valence-corrected chi connectivity index (χ1v) is 13.4. The molecule has 12 nitrogen and oxygen atoms in total. The molecule has 4 amide bonds. The fourth-order valence-electron chi connectivity index (χ4n) is 3.43. The Bertz CT molecular complexity index is 903. The first-order chi connectivity index (χ1) is 17.6. The zero-order valence-corrected chi connectivity index (χ0v) is 21.8. The average Bonchev–Trinajstić information content (AvgIpc) is 2.85. The van der Waals surface area contributed by atoms with E-state index >= 15 is 0 Å². The summed E-state index contributed by atoms with van der Waals surface area (Å²) in [6.07, 6.45) is 3.32. The van der Waals surface area contributed by atoms with Crippen molar-refractivity contribution in [2.45, 2.75) is 62.7 Å². The number of primary amides is 1. The zero-order valence-electron chi connectivity index (χ0n) is 21.0. The molecule has 4 atom stereocenters. The van der Waals surface area contributed by atoms with Crippen molar-refractivity contribution in [2.24, 2.45) is 17.2 Å². The smallest absolute Gasteiger partial charge is 0.326 e. The van der Waals surface area contributed by atoms with Crippen LogP contribution < -0.4 is 33.2 Å². The van der Waals surface area contributed by atoms with E-state index in [-0.39, 0.29) is 12.8 Å². The van der Waals surface area contributed by atoms with Crippen molar-refractivity contribution >= 4 is 41.4 Å². The number of unbranched alkanes of at least 4 members (excludes halogenated alkanes) is 1. The van der Waals surface area contributed by atoms with Crippen molar-refractivity contribution in [1.82, 2.24) is 16.0 Å². The van der Waals surface area contributed by atoms with Crippen LogP contribution in [-0.4, -0.2) is 77.4 Å². The fourth-order valence-corrected chi connectivity index (χ4v) is 3.90. The molecule has 13 heteroatoms. The summed E-state index contributed by atoms with van der Waals surface area (Å²) in [6.45, 7) is 0.481. The van der Waals surface area contributed by atoms with Gasteiger partial charge < -0.3 is 38.3 Å². The van der Waals surface area contributed by atoms with Gasteiger partial charge in [0.25, 0.3) is 0 Å². The Labute approximate surface area is 220 Å². The molecule has 206 valence electrons. The van der Waals surface area contributed by atoms with Gasteiger partial charge in [-0.2, -0.15) is 11.8 Å². The molecule has 0 radical (unpaired) electrons. The summed E-state index contributed by atoms with van der Waals surface area (Å²) in [6, 6.07) is 4.49. The first-order valence-electron chi connectivity index (χ1n) is 12.0. The number of thioether (sulfide) groups is 1. The summed E-state index contributed by atoms with van der Waals surface area (Å²) in [5.41, 5.74) is 17.3. The van der Waals surface area contributed by atoms with Gasteiger partial charge in [0.15, 0.2) is 0 Å². The van der Waals surface area contributed by atoms with Gasteiger partial charge in [0, 0.05) is 6.42 Å². The van der Waals surface area contributed by atoms with Gasteiger partial charge in [-0.3, -0.25) is 19.2 Å². The number of carboxylic acids is 1. The maximum atomic E-state index is 13.3. The number of aliphatic carboxylic acids is 1. The molecular weight excluding hydrogens is 500 g/mol. The van der Waals surface area contributed by atoms with E-state index < -0.39 is 60.2 Å². The molecule has 0 aliphatic carbocycles. The van der Waals surface area contributed by atoms with Crippen molar-refractivity contribution < 1.29 is 29.1 Å². The molecular formula is C24H38N6O6S. The van der Waals surface area contributed by atoms with Crippen molar-refractivity contribution in [2.75, 3.05) is 18.6 Å². The molecule has 0 aromatic heterocycles. The molecule has 0 heterocycles. The van der Waals surface area contributed by atoms with Gasteiger partial charge in [-0.15, -0.1) is 0 Å². The van der Waals surface area contributed by atoms with Crippen LogP contribution in [0.3, 0.4) is 0 Å². The van der Waals surface area contributed by atoms with Gasteiger partial charge in [0.2, 0.25) is 23.6 Å². The molecule has 0 saturated heterocycles. The molecule has 0 aliphatic heterocycles. The second-order valence-corrected chi connectivity index (χ2v) is 9.54. The molecule has 0 fully saturated rings. The Balaban J connectivity index is 3.05. The molecule has 4 unspecified atom stereocenters. The zero-order chi connectivity index (χ0) is 27.8. The van der Waals surface area contributed by atoms with Crippen molar-refractivity contribution in [3.8, 4) is 0 Å². The molecule has 1 rings (SSSR count). The van der Waals surface area contributed by atoms with Crippen LogP contribution in [0.5, 0.6) is 0 Å². The van der Waals surface area contributed by atoms with Crippen LogP contribution in [0.4, 0.5) is 0 Å². The number of nitrogens with one attached hydrogen (secondary N) is 3. The monoisotopic (exact) mass is 538 g/mol. The Morgan fingerprint density at radius 2 is 1.49 bits per heavy atom. The predicted octanol–water partition coefficient (Wildman–Crippen LogP) is -1.15. The predicted molar refractivity (Wildman–Crippen MR) is 141 cm³/mol. The average molecular weight is 539 g/mol.